The molecule has 0 fully saturated rings. The predicted molar refractivity (Wildman–Crippen MR) is 107 cm³/mol. The van der Waals surface area contributed by atoms with Crippen LogP contribution in [0.25, 0.3) is 0 Å². The van der Waals surface area contributed by atoms with Gasteiger partial charge in [0.05, 0.1) is 33.4 Å². The average Bonchev–Trinajstić information content (AvgIpc) is 2.52. The van der Waals surface area contributed by atoms with E-state index in [1.54, 1.807) is 13.8 Å². The van der Waals surface area contributed by atoms with Crippen LogP contribution in [0.15, 0.2) is 24.3 Å². The van der Waals surface area contributed by atoms with Crippen LogP contribution in [0.5, 0.6) is 0 Å². The maximum atomic E-state index is 14.0. The molecular formula is C18H19Cl3FN3O2. The Morgan fingerprint density at radius 2 is 1.85 bits per heavy atom. The molecule has 9 heteroatoms. The van der Waals surface area contributed by atoms with Crippen LogP contribution in [0.4, 0.5) is 15.9 Å². The fraction of sp³-hybridized carbons (Fsp3) is 0.333. The third-order valence-corrected chi connectivity index (χ3v) is 4.38. The highest BCUT2D eigenvalue weighted by Gasteiger charge is 2.15. The number of carbonyl (C=O) groups excluding carboxylic acids is 1. The second-order valence-electron chi connectivity index (χ2n) is 6.58. The lowest BCUT2D eigenvalue weighted by atomic mass is 10.1. The van der Waals surface area contributed by atoms with Crippen molar-refractivity contribution >= 4 is 52.2 Å². The van der Waals surface area contributed by atoms with E-state index in [-0.39, 0.29) is 34.5 Å². The van der Waals surface area contributed by atoms with Crippen LogP contribution in [0.1, 0.15) is 26.0 Å². The molecule has 0 aliphatic carbocycles. The number of hydrogen-bond acceptors (Lipinski definition) is 4. The molecule has 0 aliphatic heterocycles. The summed E-state index contributed by atoms with van der Waals surface area (Å²) >= 11 is 18.1. The summed E-state index contributed by atoms with van der Waals surface area (Å²) in [4.78, 5) is 16.1. The van der Waals surface area contributed by atoms with Gasteiger partial charge < -0.3 is 15.7 Å². The molecule has 1 aromatic heterocycles. The predicted octanol–water partition coefficient (Wildman–Crippen LogP) is 4.74. The Balaban J connectivity index is 2.09. The number of aliphatic hydroxyl groups is 1. The third-order valence-electron chi connectivity index (χ3n) is 3.57. The molecule has 2 aromatic rings. The summed E-state index contributed by atoms with van der Waals surface area (Å²) in [6.07, 6.45) is 0.138. The maximum absolute atomic E-state index is 14.0. The zero-order valence-electron chi connectivity index (χ0n) is 14.7. The summed E-state index contributed by atoms with van der Waals surface area (Å²) < 4.78 is 14.0. The Morgan fingerprint density at radius 1 is 1.22 bits per heavy atom. The molecule has 0 radical (unpaired) electrons. The number of halogens is 4. The van der Waals surface area contributed by atoms with E-state index in [4.69, 9.17) is 34.8 Å². The van der Waals surface area contributed by atoms with Crippen LogP contribution >= 0.6 is 34.8 Å². The second kappa shape index (κ2) is 9.06. The summed E-state index contributed by atoms with van der Waals surface area (Å²) in [6.45, 7) is 3.56. The standard InChI is InChI=1S/C18H19Cl3FN3O2/c1-18(2,27)5-6-23-16(26)9-14-13(22)3-4-15(24-14)25-17-11(20)7-10(19)8-12(17)21/h3-4,7-8,27H,5-6,9H2,1-2H3,(H,23,26)(H,24,25). The Kier molecular flexibility index (Phi) is 7.28. The number of pyridine rings is 1. The van der Waals surface area contributed by atoms with Crippen LogP contribution in [0.3, 0.4) is 0 Å². The van der Waals surface area contributed by atoms with Crippen molar-refractivity contribution in [3.05, 3.63) is 50.8 Å². The first-order valence-electron chi connectivity index (χ1n) is 8.11. The second-order valence-corrected chi connectivity index (χ2v) is 7.83. The van der Waals surface area contributed by atoms with Gasteiger partial charge in [-0.25, -0.2) is 9.37 Å². The molecule has 1 aromatic carbocycles. The molecule has 27 heavy (non-hydrogen) atoms. The van der Waals surface area contributed by atoms with Gasteiger partial charge in [0.1, 0.15) is 11.6 Å². The van der Waals surface area contributed by atoms with E-state index < -0.39 is 17.3 Å². The first-order chi connectivity index (χ1) is 12.5. The summed E-state index contributed by atoms with van der Waals surface area (Å²) in [7, 11) is 0. The van der Waals surface area contributed by atoms with Crippen LogP contribution < -0.4 is 10.6 Å². The number of amides is 1. The molecule has 0 saturated heterocycles. The number of aromatic nitrogens is 1. The molecule has 0 bridgehead atoms. The Bertz CT molecular complexity index is 818. The number of anilines is 2. The lowest BCUT2D eigenvalue weighted by molar-refractivity contribution is -0.120. The molecule has 0 spiro atoms. The zero-order chi connectivity index (χ0) is 20.2. The minimum Gasteiger partial charge on any atom is -0.390 e. The molecule has 146 valence electrons. The van der Waals surface area contributed by atoms with Gasteiger partial charge >= 0.3 is 0 Å². The van der Waals surface area contributed by atoms with E-state index in [9.17, 15) is 14.3 Å². The van der Waals surface area contributed by atoms with Gasteiger partial charge in [0.2, 0.25) is 5.91 Å². The van der Waals surface area contributed by atoms with Crippen LogP contribution in [-0.4, -0.2) is 28.1 Å². The molecule has 2 rings (SSSR count). The van der Waals surface area contributed by atoms with Crippen molar-refractivity contribution in [3.8, 4) is 0 Å². The molecule has 5 nitrogen and oxygen atoms in total. The molecule has 0 unspecified atom stereocenters. The van der Waals surface area contributed by atoms with Gasteiger partial charge in [-0.3, -0.25) is 4.79 Å². The normalized spacial score (nSPS) is 11.4. The number of rotatable bonds is 7. The molecule has 0 saturated carbocycles. The van der Waals surface area contributed by atoms with E-state index in [0.29, 0.717) is 17.1 Å². The first kappa shape index (κ1) is 21.7. The maximum Gasteiger partial charge on any atom is 0.226 e. The Hall–Kier alpha value is -1.60. The van der Waals surface area contributed by atoms with E-state index in [0.717, 1.165) is 0 Å². The van der Waals surface area contributed by atoms with E-state index in [1.807, 2.05) is 0 Å². The van der Waals surface area contributed by atoms with Crippen molar-refractivity contribution in [2.45, 2.75) is 32.3 Å². The van der Waals surface area contributed by atoms with Crippen LogP contribution in [-0.2, 0) is 11.2 Å². The average molecular weight is 435 g/mol. The van der Waals surface area contributed by atoms with E-state index >= 15 is 0 Å². The van der Waals surface area contributed by atoms with Crippen molar-refractivity contribution in [2.75, 3.05) is 11.9 Å². The molecular weight excluding hydrogens is 416 g/mol. The molecule has 1 amide bonds. The number of nitrogens with zero attached hydrogens (tertiary/aromatic N) is 1. The van der Waals surface area contributed by atoms with Crippen LogP contribution in [0, 0.1) is 5.82 Å². The lowest BCUT2D eigenvalue weighted by Gasteiger charge is -2.17. The Labute approximate surface area is 171 Å². The minimum absolute atomic E-state index is 0.0260. The number of nitrogens with one attached hydrogen (secondary N) is 2. The highest BCUT2D eigenvalue weighted by atomic mass is 35.5. The van der Waals surface area contributed by atoms with Crippen LogP contribution in [0.2, 0.25) is 15.1 Å². The van der Waals surface area contributed by atoms with E-state index in [1.165, 1.54) is 24.3 Å². The topological polar surface area (TPSA) is 74.2 Å². The molecule has 3 N–H and O–H groups in total. The van der Waals surface area contributed by atoms with Gasteiger partial charge in [-0.2, -0.15) is 0 Å². The molecule has 0 aliphatic rings. The van der Waals surface area contributed by atoms with Crippen molar-refractivity contribution in [2.24, 2.45) is 0 Å². The first-order valence-corrected chi connectivity index (χ1v) is 9.24. The fourth-order valence-corrected chi connectivity index (χ4v) is 3.10. The number of carbonyl (C=O) groups is 1. The zero-order valence-corrected chi connectivity index (χ0v) is 17.0. The Morgan fingerprint density at radius 3 is 2.44 bits per heavy atom. The van der Waals surface area contributed by atoms with Crippen molar-refractivity contribution in [1.82, 2.24) is 10.3 Å². The van der Waals surface area contributed by atoms with Gasteiger partial charge in [0, 0.05) is 11.6 Å². The highest BCUT2D eigenvalue weighted by molar-refractivity contribution is 6.41. The van der Waals surface area contributed by atoms with Crippen molar-refractivity contribution < 1.29 is 14.3 Å². The van der Waals surface area contributed by atoms with Gasteiger partial charge in [-0.05, 0) is 44.5 Å². The summed E-state index contributed by atoms with van der Waals surface area (Å²) in [5, 5.41) is 16.1. The SMILES string of the molecule is CC(C)(O)CCNC(=O)Cc1nc(Nc2c(Cl)cc(Cl)cc2Cl)ccc1F. The number of benzene rings is 1. The monoisotopic (exact) mass is 433 g/mol. The van der Waals surface area contributed by atoms with Gasteiger partial charge in [-0.1, -0.05) is 34.8 Å². The smallest absolute Gasteiger partial charge is 0.226 e. The number of hydrogen-bond donors (Lipinski definition) is 3. The van der Waals surface area contributed by atoms with E-state index in [2.05, 4.69) is 15.6 Å². The lowest BCUT2D eigenvalue weighted by Crippen LogP contribution is -2.32. The largest absolute Gasteiger partial charge is 0.390 e. The third kappa shape index (κ3) is 6.81. The fourth-order valence-electron chi connectivity index (χ4n) is 2.19. The highest BCUT2D eigenvalue weighted by Crippen LogP contribution is 2.35. The summed E-state index contributed by atoms with van der Waals surface area (Å²) in [5.41, 5.74) is -0.540. The van der Waals surface area contributed by atoms with Gasteiger partial charge in [0.15, 0.2) is 0 Å². The summed E-state index contributed by atoms with van der Waals surface area (Å²) in [6, 6.07) is 5.63. The minimum atomic E-state index is -0.891. The van der Waals surface area contributed by atoms with Crippen molar-refractivity contribution in [3.63, 3.8) is 0 Å². The van der Waals surface area contributed by atoms with Gasteiger partial charge in [-0.15, -0.1) is 0 Å². The molecule has 0 atom stereocenters. The quantitative estimate of drug-likeness (QED) is 0.588. The van der Waals surface area contributed by atoms with Crippen molar-refractivity contribution in [1.29, 1.82) is 0 Å². The summed E-state index contributed by atoms with van der Waals surface area (Å²) in [5.74, 6) is -0.723. The van der Waals surface area contributed by atoms with Gasteiger partial charge in [0.25, 0.3) is 0 Å². The molecule has 1 heterocycles.